The molecule has 0 radical (unpaired) electrons. The highest BCUT2D eigenvalue weighted by Gasteiger charge is 2.30. The highest BCUT2D eigenvalue weighted by atomic mass is 15.3. The third-order valence-corrected chi connectivity index (χ3v) is 9.10. The predicted octanol–water partition coefficient (Wildman–Crippen LogP) is 4.83. The van der Waals surface area contributed by atoms with Crippen LogP contribution in [-0.2, 0) is 6.54 Å². The molecule has 4 aromatic rings. The lowest BCUT2D eigenvalue weighted by Crippen LogP contribution is -2.47. The first-order valence-corrected chi connectivity index (χ1v) is 15.1. The van der Waals surface area contributed by atoms with Gasteiger partial charge in [0.15, 0.2) is 0 Å². The van der Waals surface area contributed by atoms with Crippen LogP contribution in [0.4, 0.5) is 5.69 Å². The first-order chi connectivity index (χ1) is 19.3. The summed E-state index contributed by atoms with van der Waals surface area (Å²) in [4.78, 5) is 20.2. The van der Waals surface area contributed by atoms with Gasteiger partial charge < -0.3 is 18.9 Å². The molecule has 1 atom stereocenters. The van der Waals surface area contributed by atoms with Crippen LogP contribution >= 0.6 is 0 Å². The number of nitrogens with zero attached hydrogens (tertiary/aromatic N) is 8. The lowest BCUT2D eigenvalue weighted by atomic mass is 10.0. The van der Waals surface area contributed by atoms with Crippen LogP contribution in [0, 0.1) is 0 Å². The van der Waals surface area contributed by atoms with Crippen molar-refractivity contribution in [2.24, 2.45) is 0 Å². The number of anilines is 1. The molecule has 6 rings (SSSR count). The number of hydrogen-bond acceptors (Lipinski definition) is 6. The Labute approximate surface area is 239 Å². The summed E-state index contributed by atoms with van der Waals surface area (Å²) in [6.45, 7) is 18.6. The van der Waals surface area contributed by atoms with Gasteiger partial charge in [-0.25, -0.2) is 4.98 Å². The molecule has 0 bridgehead atoms. The molecule has 0 N–H and O–H groups in total. The molecule has 8 heteroatoms. The Morgan fingerprint density at radius 1 is 0.900 bits per heavy atom. The van der Waals surface area contributed by atoms with Crippen LogP contribution in [0.2, 0.25) is 0 Å². The Kier molecular flexibility index (Phi) is 7.59. The minimum Gasteiger partial charge on any atom is -0.365 e. The average Bonchev–Trinajstić information content (AvgIpc) is 3.52. The van der Waals surface area contributed by atoms with Crippen LogP contribution in [0.25, 0.3) is 22.1 Å². The van der Waals surface area contributed by atoms with Crippen molar-refractivity contribution in [3.8, 4) is 0 Å². The number of fused-ring (bicyclic) bond motifs is 2. The van der Waals surface area contributed by atoms with Gasteiger partial charge in [-0.1, -0.05) is 13.8 Å². The van der Waals surface area contributed by atoms with Crippen molar-refractivity contribution < 1.29 is 0 Å². The van der Waals surface area contributed by atoms with Crippen molar-refractivity contribution in [2.75, 3.05) is 71.4 Å². The molecule has 214 valence electrons. The van der Waals surface area contributed by atoms with Crippen LogP contribution in [0.1, 0.15) is 57.0 Å². The van der Waals surface area contributed by atoms with Crippen molar-refractivity contribution in [1.82, 2.24) is 33.8 Å². The zero-order chi connectivity index (χ0) is 28.0. The first-order valence-electron chi connectivity index (χ1n) is 15.1. The van der Waals surface area contributed by atoms with E-state index < -0.39 is 0 Å². The van der Waals surface area contributed by atoms with E-state index >= 15 is 0 Å². The molecule has 0 spiro atoms. The molecule has 1 unspecified atom stereocenters. The van der Waals surface area contributed by atoms with Crippen LogP contribution in [0.5, 0.6) is 0 Å². The molecule has 2 aliphatic heterocycles. The van der Waals surface area contributed by atoms with Gasteiger partial charge >= 0.3 is 0 Å². The summed E-state index contributed by atoms with van der Waals surface area (Å²) in [7, 11) is 4.47. The fourth-order valence-corrected chi connectivity index (χ4v) is 6.48. The Morgan fingerprint density at radius 2 is 1.70 bits per heavy atom. The maximum Gasteiger partial charge on any atom is 0.140 e. The minimum absolute atomic E-state index is 0.225. The summed E-state index contributed by atoms with van der Waals surface area (Å²) in [5.41, 5.74) is 7.25. The Bertz CT molecular complexity index is 1460. The van der Waals surface area contributed by atoms with Crippen molar-refractivity contribution in [3.05, 3.63) is 54.1 Å². The molecule has 40 heavy (non-hydrogen) atoms. The van der Waals surface area contributed by atoms with Crippen LogP contribution in [0.3, 0.4) is 0 Å². The fourth-order valence-electron chi connectivity index (χ4n) is 6.48. The zero-order valence-corrected chi connectivity index (χ0v) is 25.2. The Morgan fingerprint density at radius 3 is 2.45 bits per heavy atom. The van der Waals surface area contributed by atoms with Crippen molar-refractivity contribution in [1.29, 1.82) is 0 Å². The number of hydrogen-bond donors (Lipinski definition) is 0. The third-order valence-electron chi connectivity index (χ3n) is 9.10. The van der Waals surface area contributed by atoms with E-state index in [2.05, 4.69) is 101 Å². The molecule has 0 aliphatic carbocycles. The average molecular weight is 543 g/mol. The second kappa shape index (κ2) is 11.1. The van der Waals surface area contributed by atoms with Crippen molar-refractivity contribution >= 4 is 27.8 Å². The fraction of sp³-hybridized carbons (Fsp3) is 0.562. The monoisotopic (exact) mass is 542 g/mol. The van der Waals surface area contributed by atoms with Gasteiger partial charge in [-0.2, -0.15) is 0 Å². The smallest absolute Gasteiger partial charge is 0.140 e. The summed E-state index contributed by atoms with van der Waals surface area (Å²) in [6.07, 6.45) is 6.59. The predicted molar refractivity (Wildman–Crippen MR) is 165 cm³/mol. The van der Waals surface area contributed by atoms with Crippen molar-refractivity contribution in [3.63, 3.8) is 0 Å². The Hall–Kier alpha value is -2.94. The molecule has 0 saturated carbocycles. The quantitative estimate of drug-likeness (QED) is 0.333. The van der Waals surface area contributed by atoms with E-state index in [1.807, 2.05) is 12.3 Å². The first kappa shape index (κ1) is 27.2. The lowest BCUT2D eigenvalue weighted by molar-refractivity contribution is 0.150. The van der Waals surface area contributed by atoms with E-state index in [0.29, 0.717) is 12.0 Å². The normalized spacial score (nSPS) is 20.1. The molecule has 0 aromatic carbocycles. The van der Waals surface area contributed by atoms with E-state index in [4.69, 9.17) is 9.97 Å². The van der Waals surface area contributed by atoms with Crippen molar-refractivity contribution in [2.45, 2.75) is 52.2 Å². The maximum atomic E-state index is 5.40. The second-order valence-corrected chi connectivity index (χ2v) is 12.5. The Balaban J connectivity index is 1.30. The van der Waals surface area contributed by atoms with Gasteiger partial charge in [0.25, 0.3) is 0 Å². The number of aromatic nitrogens is 4. The van der Waals surface area contributed by atoms with E-state index in [-0.39, 0.29) is 6.04 Å². The summed E-state index contributed by atoms with van der Waals surface area (Å²) in [5, 5.41) is 1.30. The molecular weight excluding hydrogens is 496 g/mol. The largest absolute Gasteiger partial charge is 0.365 e. The van der Waals surface area contributed by atoms with Crippen LogP contribution < -0.4 is 4.90 Å². The second-order valence-electron chi connectivity index (χ2n) is 12.5. The topological polar surface area (TPSA) is 48.6 Å². The van der Waals surface area contributed by atoms with E-state index in [9.17, 15) is 0 Å². The standard InChI is InChI=1S/C32H46N8/c1-23(2)26-20-39(19-17-37-15-12-35(5)13-16-37)32-25(26)9-10-27(34-32)29-21-38(18-14-36(29)6)30-22-40(24(3)4)28-8-7-11-33-31(28)30/h7-11,20,22-24,29H,12-19,21H2,1-6H3. The van der Waals surface area contributed by atoms with Gasteiger partial charge in [0, 0.05) is 88.9 Å². The molecule has 8 nitrogen and oxygen atoms in total. The van der Waals surface area contributed by atoms with Gasteiger partial charge in [-0.15, -0.1) is 0 Å². The summed E-state index contributed by atoms with van der Waals surface area (Å²) in [6, 6.07) is 9.46. The van der Waals surface area contributed by atoms with Gasteiger partial charge in [0.1, 0.15) is 11.2 Å². The molecule has 2 aliphatic rings. The summed E-state index contributed by atoms with van der Waals surface area (Å²) in [5.74, 6) is 0.471. The molecule has 4 aromatic heterocycles. The van der Waals surface area contributed by atoms with Crippen LogP contribution in [-0.4, -0.2) is 100 Å². The number of pyridine rings is 2. The highest BCUT2D eigenvalue weighted by Crippen LogP contribution is 2.35. The van der Waals surface area contributed by atoms with Gasteiger partial charge in [-0.05, 0) is 63.7 Å². The van der Waals surface area contributed by atoms with Crippen LogP contribution in [0.15, 0.2) is 42.9 Å². The number of piperazine rings is 2. The summed E-state index contributed by atoms with van der Waals surface area (Å²) >= 11 is 0. The third kappa shape index (κ3) is 5.13. The van der Waals surface area contributed by atoms with Gasteiger partial charge in [-0.3, -0.25) is 14.8 Å². The lowest BCUT2D eigenvalue weighted by Gasteiger charge is -2.40. The zero-order valence-electron chi connectivity index (χ0n) is 25.2. The molecule has 6 heterocycles. The van der Waals surface area contributed by atoms with E-state index in [1.165, 1.54) is 22.2 Å². The van der Waals surface area contributed by atoms with Gasteiger partial charge in [0.2, 0.25) is 0 Å². The van der Waals surface area contributed by atoms with E-state index in [0.717, 1.165) is 75.8 Å². The molecular formula is C32H46N8. The minimum atomic E-state index is 0.225. The van der Waals surface area contributed by atoms with Gasteiger partial charge in [0.05, 0.1) is 22.9 Å². The molecule has 2 saturated heterocycles. The highest BCUT2D eigenvalue weighted by molar-refractivity contribution is 5.90. The number of likely N-dealkylation sites (N-methyl/N-ethyl adjacent to an activating group) is 2. The number of rotatable bonds is 7. The molecule has 2 fully saturated rings. The summed E-state index contributed by atoms with van der Waals surface area (Å²) < 4.78 is 4.78. The maximum absolute atomic E-state index is 5.40. The van der Waals surface area contributed by atoms with E-state index in [1.54, 1.807) is 0 Å². The molecule has 0 amide bonds. The SMILES string of the molecule is CC(C)c1cn(CCN2CCN(C)CC2)c2nc(C3CN(c4cn(C(C)C)c5cccnc45)CCN3C)ccc12.